The molecule has 1 nitrogen and oxygen atoms in total. The van der Waals surface area contributed by atoms with Crippen LogP contribution in [0.4, 0.5) is 0 Å². The standard InChI is InChI=1S/C17H17Cl2NS/c1-11(12-6-4-7-14(18)17(12)19)20-15-9-10-21-16-8-3-2-5-13(15)16/h2-8,11,15,20H,9-10H2,1H3. The molecule has 0 aromatic heterocycles. The van der Waals surface area contributed by atoms with Gasteiger partial charge in [-0.1, -0.05) is 53.5 Å². The van der Waals surface area contributed by atoms with Gasteiger partial charge in [-0.3, -0.25) is 0 Å². The highest BCUT2D eigenvalue weighted by Crippen LogP contribution is 2.38. The molecule has 0 spiro atoms. The fraction of sp³-hybridized carbons (Fsp3) is 0.294. The zero-order valence-electron chi connectivity index (χ0n) is 11.8. The van der Waals surface area contributed by atoms with E-state index >= 15 is 0 Å². The normalized spacial score (nSPS) is 19.1. The van der Waals surface area contributed by atoms with Crippen LogP contribution >= 0.6 is 35.0 Å². The minimum absolute atomic E-state index is 0.164. The maximum atomic E-state index is 6.33. The number of nitrogens with one attached hydrogen (secondary N) is 1. The Bertz CT molecular complexity index is 644. The van der Waals surface area contributed by atoms with E-state index in [1.165, 1.54) is 10.5 Å². The second-order valence-electron chi connectivity index (χ2n) is 5.26. The summed E-state index contributed by atoms with van der Waals surface area (Å²) in [7, 11) is 0. The number of halogens is 2. The van der Waals surface area contributed by atoms with Crippen LogP contribution in [0, 0.1) is 0 Å². The van der Waals surface area contributed by atoms with Gasteiger partial charge in [0, 0.05) is 17.0 Å². The highest BCUT2D eigenvalue weighted by Gasteiger charge is 2.23. The highest BCUT2D eigenvalue weighted by atomic mass is 35.5. The van der Waals surface area contributed by atoms with E-state index < -0.39 is 0 Å². The lowest BCUT2D eigenvalue weighted by atomic mass is 10.0. The SMILES string of the molecule is CC(NC1CCSc2ccccc21)c1cccc(Cl)c1Cl. The van der Waals surface area contributed by atoms with E-state index in [1.807, 2.05) is 30.0 Å². The lowest BCUT2D eigenvalue weighted by Gasteiger charge is -2.29. The van der Waals surface area contributed by atoms with E-state index in [1.54, 1.807) is 0 Å². The molecule has 3 rings (SSSR count). The molecule has 2 unspecified atom stereocenters. The summed E-state index contributed by atoms with van der Waals surface area (Å²) in [5.41, 5.74) is 2.44. The van der Waals surface area contributed by atoms with Crippen molar-refractivity contribution in [3.05, 3.63) is 63.6 Å². The maximum absolute atomic E-state index is 6.33. The minimum atomic E-state index is 0.164. The van der Waals surface area contributed by atoms with E-state index in [9.17, 15) is 0 Å². The zero-order valence-corrected chi connectivity index (χ0v) is 14.1. The zero-order chi connectivity index (χ0) is 14.8. The van der Waals surface area contributed by atoms with Gasteiger partial charge in [0.15, 0.2) is 0 Å². The number of benzene rings is 2. The third-order valence-electron chi connectivity index (χ3n) is 3.86. The van der Waals surface area contributed by atoms with E-state index in [0.29, 0.717) is 16.1 Å². The molecule has 0 aliphatic carbocycles. The molecule has 0 amide bonds. The summed E-state index contributed by atoms with van der Waals surface area (Å²) in [5, 5.41) is 4.97. The van der Waals surface area contributed by atoms with Crippen LogP contribution in [0.2, 0.25) is 10.0 Å². The van der Waals surface area contributed by atoms with Gasteiger partial charge in [-0.25, -0.2) is 0 Å². The van der Waals surface area contributed by atoms with Gasteiger partial charge in [-0.15, -0.1) is 11.8 Å². The van der Waals surface area contributed by atoms with Crippen molar-refractivity contribution in [1.29, 1.82) is 0 Å². The predicted octanol–water partition coefficient (Wildman–Crippen LogP) is 5.88. The van der Waals surface area contributed by atoms with Crippen LogP contribution in [0.25, 0.3) is 0 Å². The molecular weight excluding hydrogens is 321 g/mol. The van der Waals surface area contributed by atoms with E-state index in [2.05, 4.69) is 36.5 Å². The van der Waals surface area contributed by atoms with Crippen LogP contribution in [0.3, 0.4) is 0 Å². The second kappa shape index (κ2) is 6.62. The first-order chi connectivity index (χ1) is 10.2. The molecule has 2 aromatic carbocycles. The molecule has 2 aromatic rings. The Balaban J connectivity index is 1.83. The van der Waals surface area contributed by atoms with Crippen molar-refractivity contribution in [3.63, 3.8) is 0 Å². The molecule has 4 heteroatoms. The smallest absolute Gasteiger partial charge is 0.0639 e. The summed E-state index contributed by atoms with van der Waals surface area (Å²) in [4.78, 5) is 1.38. The van der Waals surface area contributed by atoms with Crippen molar-refractivity contribution in [2.45, 2.75) is 30.3 Å². The first-order valence-electron chi connectivity index (χ1n) is 7.08. The van der Waals surface area contributed by atoms with Crippen LogP contribution in [-0.2, 0) is 0 Å². The van der Waals surface area contributed by atoms with Gasteiger partial charge < -0.3 is 5.32 Å². The van der Waals surface area contributed by atoms with Gasteiger partial charge in [0.2, 0.25) is 0 Å². The fourth-order valence-corrected chi connectivity index (χ4v) is 4.36. The first-order valence-corrected chi connectivity index (χ1v) is 8.82. The van der Waals surface area contributed by atoms with Gasteiger partial charge in [-0.05, 0) is 42.4 Å². The minimum Gasteiger partial charge on any atom is -0.303 e. The Hall–Kier alpha value is -0.670. The molecule has 1 heterocycles. The first kappa shape index (κ1) is 15.2. The summed E-state index contributed by atoms with van der Waals surface area (Å²) < 4.78 is 0. The van der Waals surface area contributed by atoms with E-state index in [0.717, 1.165) is 17.7 Å². The van der Waals surface area contributed by atoms with Crippen molar-refractivity contribution in [2.24, 2.45) is 0 Å². The monoisotopic (exact) mass is 337 g/mol. The maximum Gasteiger partial charge on any atom is 0.0639 e. The van der Waals surface area contributed by atoms with Gasteiger partial charge in [0.1, 0.15) is 0 Å². The molecule has 110 valence electrons. The molecule has 0 fully saturated rings. The van der Waals surface area contributed by atoms with Gasteiger partial charge in [-0.2, -0.15) is 0 Å². The van der Waals surface area contributed by atoms with Crippen molar-refractivity contribution in [1.82, 2.24) is 5.32 Å². The van der Waals surface area contributed by atoms with E-state index in [-0.39, 0.29) is 6.04 Å². The number of hydrogen-bond donors (Lipinski definition) is 1. The predicted molar refractivity (Wildman–Crippen MR) is 92.5 cm³/mol. The number of rotatable bonds is 3. The summed E-state index contributed by atoms with van der Waals surface area (Å²) in [5.74, 6) is 1.14. The average molecular weight is 338 g/mol. The third kappa shape index (κ3) is 3.24. The van der Waals surface area contributed by atoms with Crippen LogP contribution in [0.15, 0.2) is 47.4 Å². The molecule has 2 atom stereocenters. The lowest BCUT2D eigenvalue weighted by Crippen LogP contribution is -2.27. The van der Waals surface area contributed by atoms with Crippen LogP contribution in [0.5, 0.6) is 0 Å². The molecule has 0 saturated carbocycles. The quantitative estimate of drug-likeness (QED) is 0.750. The fourth-order valence-electron chi connectivity index (χ4n) is 2.76. The Morgan fingerprint density at radius 1 is 1.14 bits per heavy atom. The van der Waals surface area contributed by atoms with Crippen molar-refractivity contribution >= 4 is 35.0 Å². The van der Waals surface area contributed by atoms with Crippen LogP contribution in [-0.4, -0.2) is 5.75 Å². The average Bonchev–Trinajstić information content (AvgIpc) is 2.50. The molecule has 1 N–H and O–H groups in total. The molecule has 1 aliphatic heterocycles. The largest absolute Gasteiger partial charge is 0.303 e. The molecule has 0 radical (unpaired) electrons. The molecule has 21 heavy (non-hydrogen) atoms. The Labute approximate surface area is 140 Å². The molecule has 1 aliphatic rings. The Kier molecular flexibility index (Phi) is 4.80. The van der Waals surface area contributed by atoms with Crippen molar-refractivity contribution in [3.8, 4) is 0 Å². The molecular formula is C17H17Cl2NS. The van der Waals surface area contributed by atoms with E-state index in [4.69, 9.17) is 23.2 Å². The highest BCUT2D eigenvalue weighted by molar-refractivity contribution is 7.99. The molecule has 0 bridgehead atoms. The summed E-state index contributed by atoms with van der Waals surface area (Å²) in [6.07, 6.45) is 1.13. The lowest BCUT2D eigenvalue weighted by molar-refractivity contribution is 0.450. The van der Waals surface area contributed by atoms with Crippen molar-refractivity contribution < 1.29 is 0 Å². The molecule has 0 saturated heterocycles. The Morgan fingerprint density at radius 3 is 2.81 bits per heavy atom. The van der Waals surface area contributed by atoms with Gasteiger partial charge in [0.25, 0.3) is 0 Å². The van der Waals surface area contributed by atoms with Gasteiger partial charge in [0.05, 0.1) is 10.0 Å². The van der Waals surface area contributed by atoms with Crippen molar-refractivity contribution in [2.75, 3.05) is 5.75 Å². The summed E-state index contributed by atoms with van der Waals surface area (Å²) in [6, 6.07) is 15.0. The second-order valence-corrected chi connectivity index (χ2v) is 7.18. The number of fused-ring (bicyclic) bond motifs is 1. The third-order valence-corrected chi connectivity index (χ3v) is 5.81. The van der Waals surface area contributed by atoms with Gasteiger partial charge >= 0.3 is 0 Å². The van der Waals surface area contributed by atoms with Crippen LogP contribution in [0.1, 0.15) is 36.6 Å². The number of hydrogen-bond acceptors (Lipinski definition) is 2. The summed E-state index contributed by atoms with van der Waals surface area (Å²) >= 11 is 14.4. The topological polar surface area (TPSA) is 12.0 Å². The van der Waals surface area contributed by atoms with Crippen LogP contribution < -0.4 is 5.32 Å². The number of thioether (sulfide) groups is 1. The summed E-state index contributed by atoms with van der Waals surface area (Å²) in [6.45, 7) is 2.14. The Morgan fingerprint density at radius 2 is 1.95 bits per heavy atom.